The largest absolute Gasteiger partial charge is 0.416 e. The minimum absolute atomic E-state index is 0.484. The Morgan fingerprint density at radius 2 is 1.82 bits per heavy atom. The summed E-state index contributed by atoms with van der Waals surface area (Å²) in [5.74, 6) is 0.542. The van der Waals surface area contributed by atoms with Gasteiger partial charge in [0.25, 0.3) is 0 Å². The van der Waals surface area contributed by atoms with Gasteiger partial charge in [-0.1, -0.05) is 30.7 Å². The molecule has 1 N–H and O–H groups in total. The Labute approximate surface area is 131 Å². The van der Waals surface area contributed by atoms with Crippen LogP contribution in [0.15, 0.2) is 30.6 Å². The molecule has 1 aromatic heterocycles. The summed E-state index contributed by atoms with van der Waals surface area (Å²) in [7, 11) is 0. The zero-order valence-electron chi connectivity index (χ0n) is 11.9. The fourth-order valence-corrected chi connectivity index (χ4v) is 2.26. The number of nitrogens with zero attached hydrogens (tertiary/aromatic N) is 2. The molecule has 0 aliphatic rings. The van der Waals surface area contributed by atoms with Crippen LogP contribution in [0, 0.1) is 0 Å². The molecule has 1 aromatic carbocycles. The van der Waals surface area contributed by atoms with Gasteiger partial charge in [0, 0.05) is 6.54 Å². The van der Waals surface area contributed by atoms with Crippen LogP contribution in [0.25, 0.3) is 0 Å². The summed E-state index contributed by atoms with van der Waals surface area (Å²) in [5, 5.41) is 3.56. The van der Waals surface area contributed by atoms with Gasteiger partial charge >= 0.3 is 6.18 Å². The van der Waals surface area contributed by atoms with Crippen molar-refractivity contribution in [2.24, 2.45) is 0 Å². The molecule has 22 heavy (non-hydrogen) atoms. The van der Waals surface area contributed by atoms with E-state index >= 15 is 0 Å². The molecule has 0 spiro atoms. The number of aryl methyl sites for hydroxylation is 1. The smallest absolute Gasteiger partial charge is 0.368 e. The van der Waals surface area contributed by atoms with Crippen molar-refractivity contribution in [2.75, 3.05) is 11.9 Å². The summed E-state index contributed by atoms with van der Waals surface area (Å²) in [6.45, 7) is 2.46. The maximum atomic E-state index is 12.5. The van der Waals surface area contributed by atoms with Crippen LogP contribution >= 0.6 is 11.6 Å². The number of rotatable bonds is 5. The van der Waals surface area contributed by atoms with Gasteiger partial charge in [-0.3, -0.25) is 0 Å². The Hall–Kier alpha value is -1.82. The molecule has 0 aliphatic heterocycles. The van der Waals surface area contributed by atoms with E-state index in [1.807, 2.05) is 6.92 Å². The normalized spacial score (nSPS) is 11.5. The van der Waals surface area contributed by atoms with E-state index in [1.54, 1.807) is 0 Å². The fraction of sp³-hybridized carbons (Fsp3) is 0.333. The van der Waals surface area contributed by atoms with Crippen LogP contribution in [0.4, 0.5) is 19.0 Å². The molecule has 0 aliphatic carbocycles. The van der Waals surface area contributed by atoms with E-state index in [-0.39, 0.29) is 0 Å². The number of nitrogens with one attached hydrogen (secondary N) is 1. The highest BCUT2D eigenvalue weighted by Crippen LogP contribution is 2.29. The monoisotopic (exact) mass is 329 g/mol. The molecule has 7 heteroatoms. The van der Waals surface area contributed by atoms with Crippen LogP contribution in [-0.4, -0.2) is 16.5 Å². The van der Waals surface area contributed by atoms with Crippen molar-refractivity contribution in [1.29, 1.82) is 0 Å². The molecule has 0 unspecified atom stereocenters. The van der Waals surface area contributed by atoms with Gasteiger partial charge in [0.2, 0.25) is 0 Å². The van der Waals surface area contributed by atoms with Crippen molar-refractivity contribution in [2.45, 2.75) is 25.9 Å². The van der Waals surface area contributed by atoms with E-state index in [2.05, 4.69) is 15.3 Å². The molecule has 1 heterocycles. The van der Waals surface area contributed by atoms with E-state index in [0.717, 1.165) is 23.4 Å². The standard InChI is InChI=1S/C15H15ClF3N3/c1-2-12-13(16)14(22-9-21-12)20-8-7-10-3-5-11(6-4-10)15(17,18)19/h3-6,9H,2,7-8H2,1H3,(H,20,21,22). The summed E-state index contributed by atoms with van der Waals surface area (Å²) in [4.78, 5) is 8.13. The molecule has 0 atom stereocenters. The van der Waals surface area contributed by atoms with Gasteiger partial charge in [0.1, 0.15) is 17.2 Å². The number of benzene rings is 1. The van der Waals surface area contributed by atoms with Crippen LogP contribution in [0.2, 0.25) is 5.02 Å². The third-order valence-electron chi connectivity index (χ3n) is 3.18. The van der Waals surface area contributed by atoms with Crippen molar-refractivity contribution >= 4 is 17.4 Å². The van der Waals surface area contributed by atoms with Gasteiger partial charge in [-0.2, -0.15) is 13.2 Å². The molecule has 0 amide bonds. The lowest BCUT2D eigenvalue weighted by atomic mass is 10.1. The Kier molecular flexibility index (Phi) is 5.24. The zero-order valence-corrected chi connectivity index (χ0v) is 12.7. The molecule has 0 radical (unpaired) electrons. The van der Waals surface area contributed by atoms with Gasteiger partial charge in [-0.15, -0.1) is 0 Å². The van der Waals surface area contributed by atoms with E-state index in [1.165, 1.54) is 18.5 Å². The van der Waals surface area contributed by atoms with Gasteiger partial charge in [0.05, 0.1) is 11.3 Å². The number of hydrogen-bond acceptors (Lipinski definition) is 3. The lowest BCUT2D eigenvalue weighted by Crippen LogP contribution is -2.09. The molecule has 0 fully saturated rings. The second-order valence-corrected chi connectivity index (χ2v) is 5.09. The van der Waals surface area contributed by atoms with E-state index in [0.29, 0.717) is 30.2 Å². The first-order chi connectivity index (χ1) is 10.4. The first-order valence-corrected chi connectivity index (χ1v) is 7.19. The molecule has 0 bridgehead atoms. The van der Waals surface area contributed by atoms with Crippen molar-refractivity contribution in [3.63, 3.8) is 0 Å². The lowest BCUT2D eigenvalue weighted by Gasteiger charge is -2.10. The number of halogens is 4. The van der Waals surface area contributed by atoms with Crippen molar-refractivity contribution < 1.29 is 13.2 Å². The lowest BCUT2D eigenvalue weighted by molar-refractivity contribution is -0.137. The quantitative estimate of drug-likeness (QED) is 0.885. The first kappa shape index (κ1) is 16.5. The number of anilines is 1. The average Bonchev–Trinajstić information content (AvgIpc) is 2.48. The summed E-state index contributed by atoms with van der Waals surface area (Å²) in [6, 6.07) is 5.12. The average molecular weight is 330 g/mol. The predicted octanol–water partition coefficient (Wildman–Crippen LogP) is 4.37. The molecular weight excluding hydrogens is 315 g/mol. The fourth-order valence-electron chi connectivity index (χ4n) is 1.96. The van der Waals surface area contributed by atoms with E-state index in [9.17, 15) is 13.2 Å². The Balaban J connectivity index is 1.94. The molecule has 2 aromatic rings. The Morgan fingerprint density at radius 3 is 2.41 bits per heavy atom. The summed E-state index contributed by atoms with van der Waals surface area (Å²) in [6.07, 6.45) is -1.60. The second-order valence-electron chi connectivity index (χ2n) is 4.71. The van der Waals surface area contributed by atoms with Crippen LogP contribution in [-0.2, 0) is 19.0 Å². The maximum Gasteiger partial charge on any atom is 0.416 e. The Morgan fingerprint density at radius 1 is 1.14 bits per heavy atom. The number of alkyl halides is 3. The van der Waals surface area contributed by atoms with Crippen molar-refractivity contribution in [3.8, 4) is 0 Å². The van der Waals surface area contributed by atoms with E-state index in [4.69, 9.17) is 11.6 Å². The third-order valence-corrected chi connectivity index (χ3v) is 3.58. The highest BCUT2D eigenvalue weighted by atomic mass is 35.5. The van der Waals surface area contributed by atoms with Gasteiger partial charge in [0.15, 0.2) is 0 Å². The first-order valence-electron chi connectivity index (χ1n) is 6.81. The maximum absolute atomic E-state index is 12.5. The Bertz CT molecular complexity index is 627. The van der Waals surface area contributed by atoms with Gasteiger partial charge in [-0.05, 0) is 30.5 Å². The molecule has 3 nitrogen and oxygen atoms in total. The van der Waals surface area contributed by atoms with Gasteiger partial charge in [-0.25, -0.2) is 9.97 Å². The molecule has 2 rings (SSSR count). The molecule has 118 valence electrons. The summed E-state index contributed by atoms with van der Waals surface area (Å²) >= 11 is 6.15. The topological polar surface area (TPSA) is 37.8 Å². The summed E-state index contributed by atoms with van der Waals surface area (Å²) < 4.78 is 37.4. The minimum atomic E-state index is -4.30. The zero-order chi connectivity index (χ0) is 16.2. The van der Waals surface area contributed by atoms with Crippen LogP contribution in [0.1, 0.15) is 23.7 Å². The SMILES string of the molecule is CCc1ncnc(NCCc2ccc(C(F)(F)F)cc2)c1Cl. The molecule has 0 saturated heterocycles. The number of hydrogen-bond donors (Lipinski definition) is 1. The summed E-state index contributed by atoms with van der Waals surface area (Å²) in [5.41, 5.74) is 0.922. The second kappa shape index (κ2) is 6.96. The third kappa shape index (κ3) is 4.10. The highest BCUT2D eigenvalue weighted by Gasteiger charge is 2.29. The van der Waals surface area contributed by atoms with Crippen molar-refractivity contribution in [3.05, 3.63) is 52.4 Å². The van der Waals surface area contributed by atoms with Crippen LogP contribution < -0.4 is 5.32 Å². The minimum Gasteiger partial charge on any atom is -0.368 e. The van der Waals surface area contributed by atoms with E-state index < -0.39 is 11.7 Å². The van der Waals surface area contributed by atoms with Crippen LogP contribution in [0.3, 0.4) is 0 Å². The van der Waals surface area contributed by atoms with Gasteiger partial charge < -0.3 is 5.32 Å². The molecular formula is C15H15ClF3N3. The number of aromatic nitrogens is 2. The predicted molar refractivity (Wildman–Crippen MR) is 80.1 cm³/mol. The molecule has 0 saturated carbocycles. The van der Waals surface area contributed by atoms with Crippen molar-refractivity contribution in [1.82, 2.24) is 9.97 Å². The highest BCUT2D eigenvalue weighted by molar-refractivity contribution is 6.33. The van der Waals surface area contributed by atoms with Crippen LogP contribution in [0.5, 0.6) is 0 Å².